The van der Waals surface area contributed by atoms with Crippen molar-refractivity contribution in [2.45, 2.75) is 43.7 Å². The number of phenols is 1. The third kappa shape index (κ3) is 3.98. The second-order valence-corrected chi connectivity index (χ2v) is 11.1. The monoisotopic (exact) mass is 540 g/mol. The molecule has 0 unspecified atom stereocenters. The number of hydrogen-bond donors (Lipinski definition) is 5. The quantitative estimate of drug-likeness (QED) is 0.266. The summed E-state index contributed by atoms with van der Waals surface area (Å²) in [6.45, 7) is 1.16. The number of primary amides is 1. The molecule has 4 atom stereocenters. The van der Waals surface area contributed by atoms with Crippen LogP contribution in [-0.2, 0) is 25.5 Å². The van der Waals surface area contributed by atoms with Gasteiger partial charge in [-0.05, 0) is 69.3 Å². The van der Waals surface area contributed by atoms with Crippen LogP contribution in [0.1, 0.15) is 47.2 Å². The smallest absolute Gasteiger partial charge is 0.255 e. The molecule has 3 aliphatic carbocycles. The second kappa shape index (κ2) is 9.58. The highest BCUT2D eigenvalue weighted by atomic mass is 16.5. The Kier molecular flexibility index (Phi) is 6.64. The fourth-order valence-electron chi connectivity index (χ4n) is 6.83. The van der Waals surface area contributed by atoms with Crippen molar-refractivity contribution in [3.8, 4) is 5.75 Å². The maximum Gasteiger partial charge on any atom is 0.255 e. The first-order valence-corrected chi connectivity index (χ1v) is 13.0. The Hall–Kier alpha value is -3.54. The van der Waals surface area contributed by atoms with Crippen LogP contribution < -0.4 is 5.73 Å². The first-order valence-electron chi connectivity index (χ1n) is 13.0. The number of carbonyl (C=O) groups excluding carboxylic acids is 4. The molecule has 0 aromatic heterocycles. The molecule has 0 spiro atoms. The average molecular weight is 541 g/mol. The minimum absolute atomic E-state index is 0.0327. The molecule has 4 aliphatic rings. The zero-order chi connectivity index (χ0) is 28.4. The maximum absolute atomic E-state index is 13.9. The molecule has 11 heteroatoms. The number of Topliss-reactive ketones (excluding diaryl/α,β-unsaturated/α-hetero) is 3. The maximum atomic E-state index is 13.9. The Labute approximate surface area is 224 Å². The summed E-state index contributed by atoms with van der Waals surface area (Å²) in [7, 11) is 3.08. The molecule has 0 radical (unpaired) electrons. The molecule has 11 nitrogen and oxygen atoms in total. The molecule has 1 aliphatic heterocycles. The van der Waals surface area contributed by atoms with E-state index in [1.165, 1.54) is 17.0 Å². The van der Waals surface area contributed by atoms with E-state index in [1.54, 1.807) is 14.1 Å². The van der Waals surface area contributed by atoms with Gasteiger partial charge < -0.3 is 30.9 Å². The first-order chi connectivity index (χ1) is 18.4. The van der Waals surface area contributed by atoms with Crippen LogP contribution in [0.4, 0.5) is 0 Å². The van der Waals surface area contributed by atoms with Crippen molar-refractivity contribution in [2.75, 3.05) is 27.3 Å². The standard InChI is InChI=1S/C28H32N2O9/c1-30(2)22-16-11-13-10-15-14(18(32)9-12-5-7-39-8-6-12)3-4-17(31)20(15)23(33)19(13)25(35)28(16,38)26(36)21(24(22)34)27(29)37/h3-4,12-13,16,22,31,33,36,38H,5-11H2,1-2H3,(H2,29,37)/t13-,16-,22-,28-/m0/s1. The summed E-state index contributed by atoms with van der Waals surface area (Å²) in [6.07, 6.45) is 1.83. The third-order valence-corrected chi connectivity index (χ3v) is 8.72. The van der Waals surface area contributed by atoms with E-state index >= 15 is 0 Å². The molecule has 6 N–H and O–H groups in total. The summed E-state index contributed by atoms with van der Waals surface area (Å²) in [5, 5.41) is 44.6. The number of nitrogens with two attached hydrogens (primary N) is 1. The summed E-state index contributed by atoms with van der Waals surface area (Å²) in [6, 6.07) is 1.62. The summed E-state index contributed by atoms with van der Waals surface area (Å²) >= 11 is 0. The number of ether oxygens (including phenoxy) is 1. The molecule has 1 saturated carbocycles. The molecule has 2 fully saturated rings. The zero-order valence-electron chi connectivity index (χ0n) is 21.8. The number of phenolic OH excluding ortho intramolecular Hbond substituents is 1. The van der Waals surface area contributed by atoms with Gasteiger partial charge in [-0.2, -0.15) is 0 Å². The van der Waals surface area contributed by atoms with Crippen molar-refractivity contribution in [2.24, 2.45) is 23.5 Å². The van der Waals surface area contributed by atoms with Crippen molar-refractivity contribution in [3.63, 3.8) is 0 Å². The Balaban J connectivity index is 1.63. The molecule has 1 aromatic carbocycles. The molecule has 5 rings (SSSR count). The fraction of sp³-hybridized carbons (Fsp3) is 0.500. The average Bonchev–Trinajstić information content (AvgIpc) is 2.86. The number of likely N-dealkylation sites (N-methyl/N-ethyl adjacent to an activating group) is 1. The zero-order valence-corrected chi connectivity index (χ0v) is 21.8. The molecule has 208 valence electrons. The van der Waals surface area contributed by atoms with E-state index in [2.05, 4.69) is 0 Å². The van der Waals surface area contributed by atoms with E-state index in [0.29, 0.717) is 24.3 Å². The lowest BCUT2D eigenvalue weighted by Gasteiger charge is -2.50. The van der Waals surface area contributed by atoms with E-state index in [9.17, 15) is 39.6 Å². The number of rotatable bonds is 5. The predicted molar refractivity (Wildman–Crippen MR) is 137 cm³/mol. The lowest BCUT2D eigenvalue weighted by Crippen LogP contribution is -2.65. The Morgan fingerprint density at radius 1 is 1.13 bits per heavy atom. The van der Waals surface area contributed by atoms with Crippen molar-refractivity contribution in [1.29, 1.82) is 0 Å². The number of carbonyl (C=O) groups is 4. The van der Waals surface area contributed by atoms with Gasteiger partial charge in [0.1, 0.15) is 22.8 Å². The molecule has 1 aromatic rings. The summed E-state index contributed by atoms with van der Waals surface area (Å²) in [5.41, 5.74) is 2.17. The van der Waals surface area contributed by atoms with Crippen molar-refractivity contribution in [1.82, 2.24) is 4.90 Å². The fourth-order valence-corrected chi connectivity index (χ4v) is 6.83. The Bertz CT molecular complexity index is 1350. The summed E-state index contributed by atoms with van der Waals surface area (Å²) in [5.74, 6) is -7.18. The van der Waals surface area contributed by atoms with Gasteiger partial charge in [-0.25, -0.2) is 0 Å². The SMILES string of the molecule is CN(C)[C@@H]1C(=O)C(C(N)=O)=C(O)[C@@]2(O)C(=O)C3=C(O)c4c(O)ccc(C(=O)CC5CCOCC5)c4C[C@H]3C[C@@H]12. The van der Waals surface area contributed by atoms with Gasteiger partial charge in [-0.3, -0.25) is 24.1 Å². The highest BCUT2D eigenvalue weighted by Crippen LogP contribution is 2.53. The van der Waals surface area contributed by atoms with Gasteiger partial charge >= 0.3 is 0 Å². The largest absolute Gasteiger partial charge is 0.508 e. The minimum atomic E-state index is -2.70. The van der Waals surface area contributed by atoms with Crippen molar-refractivity contribution < 1.29 is 44.3 Å². The number of aliphatic hydroxyl groups excluding tert-OH is 2. The Morgan fingerprint density at radius 2 is 1.79 bits per heavy atom. The molecule has 1 saturated heterocycles. The molecular formula is C28H32N2O9. The summed E-state index contributed by atoms with van der Waals surface area (Å²) in [4.78, 5) is 54.0. The van der Waals surface area contributed by atoms with Crippen LogP contribution in [0.25, 0.3) is 5.76 Å². The highest BCUT2D eigenvalue weighted by molar-refractivity contribution is 6.24. The van der Waals surface area contributed by atoms with Gasteiger partial charge in [0.25, 0.3) is 5.91 Å². The predicted octanol–water partition coefficient (Wildman–Crippen LogP) is 0.963. The van der Waals surface area contributed by atoms with E-state index in [0.717, 1.165) is 12.8 Å². The molecule has 1 amide bonds. The highest BCUT2D eigenvalue weighted by Gasteiger charge is 2.64. The van der Waals surface area contributed by atoms with Gasteiger partial charge in [0, 0.05) is 36.7 Å². The topological polar surface area (TPSA) is 188 Å². The molecule has 39 heavy (non-hydrogen) atoms. The number of aliphatic hydroxyl groups is 3. The summed E-state index contributed by atoms with van der Waals surface area (Å²) < 4.78 is 5.38. The van der Waals surface area contributed by atoms with Crippen LogP contribution in [0.3, 0.4) is 0 Å². The normalized spacial score (nSPS) is 29.3. The van der Waals surface area contributed by atoms with Gasteiger partial charge in [-0.1, -0.05) is 0 Å². The number of nitrogens with zero attached hydrogens (tertiary/aromatic N) is 1. The third-order valence-electron chi connectivity index (χ3n) is 8.72. The van der Waals surface area contributed by atoms with Gasteiger partial charge in [-0.15, -0.1) is 0 Å². The number of amides is 1. The first kappa shape index (κ1) is 27.0. The number of benzene rings is 1. The lowest BCUT2D eigenvalue weighted by molar-refractivity contribution is -0.153. The van der Waals surface area contributed by atoms with E-state index in [4.69, 9.17) is 10.5 Å². The lowest BCUT2D eigenvalue weighted by atomic mass is 9.57. The molecule has 0 bridgehead atoms. The van der Waals surface area contributed by atoms with Crippen LogP contribution in [0, 0.1) is 17.8 Å². The van der Waals surface area contributed by atoms with Crippen LogP contribution >= 0.6 is 0 Å². The van der Waals surface area contributed by atoms with Crippen LogP contribution in [0.15, 0.2) is 29.0 Å². The van der Waals surface area contributed by atoms with E-state index < -0.39 is 58.0 Å². The van der Waals surface area contributed by atoms with Crippen molar-refractivity contribution >= 4 is 29.0 Å². The van der Waals surface area contributed by atoms with E-state index in [-0.39, 0.29) is 47.8 Å². The van der Waals surface area contributed by atoms with Gasteiger partial charge in [0.05, 0.1) is 11.6 Å². The second-order valence-electron chi connectivity index (χ2n) is 11.1. The molecule has 1 heterocycles. The number of hydrogen-bond acceptors (Lipinski definition) is 10. The molecular weight excluding hydrogens is 508 g/mol. The Morgan fingerprint density at radius 3 is 2.41 bits per heavy atom. The number of ketones is 3. The van der Waals surface area contributed by atoms with Crippen LogP contribution in [0.2, 0.25) is 0 Å². The van der Waals surface area contributed by atoms with Gasteiger partial charge in [0.2, 0.25) is 5.78 Å². The number of fused-ring (bicyclic) bond motifs is 3. The number of aromatic hydroxyl groups is 1. The minimum Gasteiger partial charge on any atom is -0.508 e. The van der Waals surface area contributed by atoms with Crippen molar-refractivity contribution in [3.05, 3.63) is 45.7 Å². The van der Waals surface area contributed by atoms with Crippen LogP contribution in [0.5, 0.6) is 5.75 Å². The van der Waals surface area contributed by atoms with E-state index in [1.807, 2.05) is 0 Å². The van der Waals surface area contributed by atoms with Crippen LogP contribution in [-0.4, -0.2) is 87.5 Å². The van der Waals surface area contributed by atoms with Gasteiger partial charge in [0.15, 0.2) is 17.2 Å².